The maximum Gasteiger partial charge on any atom is 0.341 e. The lowest BCUT2D eigenvalue weighted by atomic mass is 9.82. The summed E-state index contributed by atoms with van der Waals surface area (Å²) >= 11 is 0. The minimum Gasteiger partial charge on any atom is -0.478 e. The van der Waals surface area contributed by atoms with Gasteiger partial charge in [-0.3, -0.25) is 38.4 Å². The monoisotopic (exact) mass is 1100 g/mol. The fraction of sp³-hybridized carbons (Fsp3) is 0.491. The predicted octanol–water partition coefficient (Wildman–Crippen LogP) is 4.75. The normalized spacial score (nSPS) is 19.5. The summed E-state index contributed by atoms with van der Waals surface area (Å²) in [5.74, 6) is -11.2. The summed E-state index contributed by atoms with van der Waals surface area (Å²) in [6.07, 6.45) is 5.39. The number of aromatic carboxylic acids is 1. The highest BCUT2D eigenvalue weighted by Gasteiger charge is 2.35. The van der Waals surface area contributed by atoms with Crippen LogP contribution >= 0.6 is 0 Å². The highest BCUT2D eigenvalue weighted by Crippen LogP contribution is 2.35. The van der Waals surface area contributed by atoms with Crippen LogP contribution in [-0.4, -0.2) is 122 Å². The summed E-state index contributed by atoms with van der Waals surface area (Å²) in [7, 11) is 1.12. The molecule has 3 fully saturated rings. The van der Waals surface area contributed by atoms with Gasteiger partial charge in [-0.1, -0.05) is 13.2 Å². The summed E-state index contributed by atoms with van der Waals surface area (Å²) in [5, 5.41) is 15.7. The standard InChI is InChI=1S/C55H64N2O22/c1-4-46(60)72-26-28-74-48(62)24-22-44(58)56-36-14-10-34(11-15-36)51(66)76-38-18-20-42(40(30-38)50(64)65)78-53(68)32-6-8-33(9-7-32)54(69)79-43-21-19-39(31-41(43)55(70)71-3)77-52(67)35-12-16-37(17-13-35)57-45(59)23-25-49(63)75-29-27-73-47(61)5-2/h4-5,18-21,30-37H,1-2,6-17,22-29H2,3H3,(H,56,58)(H,57,59)(H,64,65). The Morgan fingerprint density at radius 1 is 0.481 bits per heavy atom. The van der Waals surface area contributed by atoms with Gasteiger partial charge < -0.3 is 58.4 Å². The Morgan fingerprint density at radius 2 is 0.823 bits per heavy atom. The molecule has 3 aliphatic carbocycles. The molecular formula is C55H64N2O22. The first-order chi connectivity index (χ1) is 37.8. The number of carboxylic acids is 1. The zero-order valence-electron chi connectivity index (χ0n) is 43.7. The zero-order chi connectivity index (χ0) is 57.4. The van der Waals surface area contributed by atoms with Gasteiger partial charge >= 0.3 is 59.7 Å². The quantitative estimate of drug-likeness (QED) is 0.0376. The van der Waals surface area contributed by atoms with Crippen LogP contribution in [0.3, 0.4) is 0 Å². The zero-order valence-corrected chi connectivity index (χ0v) is 43.7. The summed E-state index contributed by atoms with van der Waals surface area (Å²) in [6, 6.07) is 6.97. The van der Waals surface area contributed by atoms with Gasteiger partial charge in [-0.25, -0.2) is 19.2 Å². The smallest absolute Gasteiger partial charge is 0.341 e. The Bertz CT molecular complexity index is 2600. The van der Waals surface area contributed by atoms with Crippen LogP contribution in [-0.2, 0) is 71.6 Å². The van der Waals surface area contributed by atoms with E-state index >= 15 is 0 Å². The molecule has 0 aromatic heterocycles. The highest BCUT2D eigenvalue weighted by molar-refractivity contribution is 5.95. The number of methoxy groups -OCH3 is 1. The van der Waals surface area contributed by atoms with Crippen molar-refractivity contribution in [2.24, 2.45) is 23.7 Å². The van der Waals surface area contributed by atoms with Crippen molar-refractivity contribution < 1.29 is 105 Å². The van der Waals surface area contributed by atoms with E-state index in [4.69, 9.17) is 42.6 Å². The van der Waals surface area contributed by atoms with E-state index in [-0.39, 0.29) is 130 Å². The third kappa shape index (κ3) is 20.1. The van der Waals surface area contributed by atoms with Gasteiger partial charge in [0.2, 0.25) is 11.8 Å². The van der Waals surface area contributed by atoms with Crippen LogP contribution in [0.5, 0.6) is 23.0 Å². The van der Waals surface area contributed by atoms with Crippen LogP contribution < -0.4 is 29.6 Å². The van der Waals surface area contributed by atoms with Crippen LogP contribution in [0.4, 0.5) is 0 Å². The van der Waals surface area contributed by atoms with Crippen molar-refractivity contribution in [2.45, 2.75) is 115 Å². The van der Waals surface area contributed by atoms with Gasteiger partial charge in [0.15, 0.2) is 0 Å². The molecule has 79 heavy (non-hydrogen) atoms. The largest absolute Gasteiger partial charge is 0.478 e. The number of esters is 9. The number of hydrogen-bond acceptors (Lipinski definition) is 21. The van der Waals surface area contributed by atoms with Crippen LogP contribution in [0.1, 0.15) is 123 Å². The second-order valence-electron chi connectivity index (χ2n) is 18.8. The maximum absolute atomic E-state index is 13.4. The van der Waals surface area contributed by atoms with Crippen molar-refractivity contribution in [3.63, 3.8) is 0 Å². The Balaban J connectivity index is 1.02. The molecule has 0 saturated heterocycles. The average Bonchev–Trinajstić information content (AvgIpc) is 3.46. The predicted molar refractivity (Wildman–Crippen MR) is 270 cm³/mol. The molecule has 0 radical (unpaired) electrons. The molecule has 24 heteroatoms. The SMILES string of the molecule is C=CC(=O)OCCOC(=O)CCC(=O)NC1CCC(C(=O)Oc2ccc(OC(=O)C3CCC(C(=O)Oc4ccc(OC(=O)C5CCC(NC(=O)CCC(=O)OCCOC(=O)C=C)CC5)cc4C(=O)OC)CC3)c(C(=O)O)c2)CC1. The van der Waals surface area contributed by atoms with Crippen molar-refractivity contribution in [1.29, 1.82) is 0 Å². The number of amides is 2. The lowest BCUT2D eigenvalue weighted by Crippen LogP contribution is -2.39. The number of nitrogens with one attached hydrogen (secondary N) is 2. The molecule has 0 bridgehead atoms. The first-order valence-electron chi connectivity index (χ1n) is 25.8. The van der Waals surface area contributed by atoms with Gasteiger partial charge in [0, 0.05) is 37.1 Å². The molecule has 2 aromatic rings. The molecule has 0 spiro atoms. The molecule has 3 aliphatic rings. The molecule has 2 amide bonds. The topological polar surface area (TPSA) is 332 Å². The van der Waals surface area contributed by atoms with Gasteiger partial charge in [0.25, 0.3) is 0 Å². The van der Waals surface area contributed by atoms with E-state index in [1.54, 1.807) is 0 Å². The summed E-state index contributed by atoms with van der Waals surface area (Å²) in [5.41, 5.74) is -0.624. The van der Waals surface area contributed by atoms with Gasteiger partial charge in [0.1, 0.15) is 60.6 Å². The van der Waals surface area contributed by atoms with Crippen molar-refractivity contribution in [3.8, 4) is 23.0 Å². The summed E-state index contributed by atoms with van der Waals surface area (Å²) in [4.78, 5) is 149. The van der Waals surface area contributed by atoms with E-state index in [0.29, 0.717) is 51.4 Å². The lowest BCUT2D eigenvalue weighted by molar-refractivity contribution is -0.150. The Kier molecular flexibility index (Phi) is 24.2. The van der Waals surface area contributed by atoms with Gasteiger partial charge in [-0.15, -0.1) is 0 Å². The highest BCUT2D eigenvalue weighted by atomic mass is 16.6. The third-order valence-corrected chi connectivity index (χ3v) is 13.3. The number of hydrogen-bond donors (Lipinski definition) is 3. The van der Waals surface area contributed by atoms with Gasteiger partial charge in [0.05, 0.1) is 43.6 Å². The van der Waals surface area contributed by atoms with Crippen molar-refractivity contribution in [2.75, 3.05) is 33.5 Å². The molecule has 3 saturated carbocycles. The average molecular weight is 1110 g/mol. The van der Waals surface area contributed by atoms with E-state index in [1.165, 1.54) is 30.3 Å². The fourth-order valence-corrected chi connectivity index (χ4v) is 8.94. The molecule has 3 N–H and O–H groups in total. The minimum atomic E-state index is -1.45. The molecule has 0 atom stereocenters. The van der Waals surface area contributed by atoms with Crippen LogP contribution in [0.25, 0.3) is 0 Å². The molecule has 24 nitrogen and oxygen atoms in total. The Hall–Kier alpha value is -8.44. The van der Waals surface area contributed by atoms with Crippen LogP contribution in [0.2, 0.25) is 0 Å². The first-order valence-corrected chi connectivity index (χ1v) is 25.8. The van der Waals surface area contributed by atoms with E-state index in [0.717, 1.165) is 25.3 Å². The Morgan fingerprint density at radius 3 is 1.19 bits per heavy atom. The second kappa shape index (κ2) is 31.1. The number of carbonyl (C=O) groups excluding carboxylic acids is 11. The van der Waals surface area contributed by atoms with Gasteiger partial charge in [-0.05, 0) is 113 Å². The Labute approximate surface area is 454 Å². The number of benzene rings is 2. The summed E-state index contributed by atoms with van der Waals surface area (Å²) < 4.78 is 46.5. The van der Waals surface area contributed by atoms with E-state index in [9.17, 15) is 62.6 Å². The fourth-order valence-electron chi connectivity index (χ4n) is 8.94. The minimum absolute atomic E-state index is 0.00631. The molecular weight excluding hydrogens is 1040 g/mol. The number of carbonyl (C=O) groups is 12. The van der Waals surface area contributed by atoms with Crippen molar-refractivity contribution in [3.05, 3.63) is 72.8 Å². The van der Waals surface area contributed by atoms with Crippen molar-refractivity contribution in [1.82, 2.24) is 10.6 Å². The maximum atomic E-state index is 13.4. The number of carboxylic acid groups (broad SMARTS) is 1. The first kappa shape index (κ1) is 61.4. The number of ether oxygens (including phenoxy) is 9. The lowest BCUT2D eigenvalue weighted by Gasteiger charge is -2.28. The summed E-state index contributed by atoms with van der Waals surface area (Å²) in [6.45, 7) is 5.91. The third-order valence-electron chi connectivity index (χ3n) is 13.3. The van der Waals surface area contributed by atoms with Crippen LogP contribution in [0, 0.1) is 23.7 Å². The molecule has 2 aromatic carbocycles. The molecule has 426 valence electrons. The number of rotatable bonds is 26. The van der Waals surface area contributed by atoms with E-state index in [1.807, 2.05) is 0 Å². The van der Waals surface area contributed by atoms with E-state index in [2.05, 4.69) is 23.8 Å². The van der Waals surface area contributed by atoms with Crippen molar-refractivity contribution >= 4 is 71.5 Å². The molecule has 0 unspecified atom stereocenters. The van der Waals surface area contributed by atoms with Crippen LogP contribution in [0.15, 0.2) is 61.7 Å². The van der Waals surface area contributed by atoms with E-state index < -0.39 is 88.9 Å². The molecule has 0 aliphatic heterocycles. The second-order valence-corrected chi connectivity index (χ2v) is 18.8. The molecule has 5 rings (SSSR count). The molecule has 0 heterocycles. The van der Waals surface area contributed by atoms with Gasteiger partial charge in [-0.2, -0.15) is 0 Å².